The number of fused-ring (bicyclic) bond motifs is 1. The van der Waals surface area contributed by atoms with Crippen LogP contribution in [0.1, 0.15) is 77.3 Å². The van der Waals surface area contributed by atoms with Crippen LogP contribution in [-0.4, -0.2) is 17.0 Å². The Bertz CT molecular complexity index is 731. The Morgan fingerprint density at radius 1 is 1.32 bits per heavy atom. The molecule has 0 spiro atoms. The van der Waals surface area contributed by atoms with Gasteiger partial charge in [0.05, 0.1) is 0 Å². The highest BCUT2D eigenvalue weighted by molar-refractivity contribution is 5.92. The van der Waals surface area contributed by atoms with E-state index in [-0.39, 0.29) is 34.6 Å². The van der Waals surface area contributed by atoms with Crippen LogP contribution in [0.2, 0.25) is 0 Å². The van der Waals surface area contributed by atoms with Crippen molar-refractivity contribution in [2.75, 3.05) is 0 Å². The van der Waals surface area contributed by atoms with Crippen LogP contribution in [0.5, 0.6) is 11.5 Å². The number of Topliss-reactive ketones (excluding diaryl/α,β-unsaturated/α-hetero) is 1. The maximum Gasteiger partial charge on any atom is 0.177 e. The van der Waals surface area contributed by atoms with E-state index >= 15 is 0 Å². The third kappa shape index (κ3) is 2.20. The SMILES string of the molecule is CCCCC(C)(C)c1cc(O)c2c(c1)O[C@H]1C(=O)[C@@H]3C[C@H]([C@@H]21)C3(C)C. The van der Waals surface area contributed by atoms with Gasteiger partial charge in [0.2, 0.25) is 0 Å². The maximum atomic E-state index is 12.9. The number of ketones is 1. The van der Waals surface area contributed by atoms with Gasteiger partial charge in [-0.3, -0.25) is 4.79 Å². The molecule has 4 aliphatic rings. The molecule has 3 fully saturated rings. The van der Waals surface area contributed by atoms with Crippen molar-refractivity contribution in [3.05, 3.63) is 23.3 Å². The third-order valence-corrected chi connectivity index (χ3v) is 7.37. The Morgan fingerprint density at radius 2 is 2.04 bits per heavy atom. The van der Waals surface area contributed by atoms with Gasteiger partial charge in [0.15, 0.2) is 11.9 Å². The first-order valence-corrected chi connectivity index (χ1v) is 9.76. The average molecular weight is 342 g/mol. The van der Waals surface area contributed by atoms with Crippen molar-refractivity contribution in [2.45, 2.75) is 77.7 Å². The zero-order valence-corrected chi connectivity index (χ0v) is 16.1. The molecule has 1 aromatic carbocycles. The molecule has 0 radical (unpaired) electrons. The lowest BCUT2D eigenvalue weighted by molar-refractivity contribution is -0.164. The van der Waals surface area contributed by atoms with Gasteiger partial charge < -0.3 is 9.84 Å². The van der Waals surface area contributed by atoms with Crippen molar-refractivity contribution in [2.24, 2.45) is 17.3 Å². The smallest absolute Gasteiger partial charge is 0.177 e. The first-order chi connectivity index (χ1) is 11.7. The summed E-state index contributed by atoms with van der Waals surface area (Å²) < 4.78 is 6.13. The third-order valence-electron chi connectivity index (χ3n) is 7.37. The molecule has 0 aromatic heterocycles. The van der Waals surface area contributed by atoms with Crippen molar-refractivity contribution in [1.82, 2.24) is 0 Å². The molecule has 2 bridgehead atoms. The van der Waals surface area contributed by atoms with Gasteiger partial charge in [-0.1, -0.05) is 47.5 Å². The molecule has 3 nitrogen and oxygen atoms in total. The number of carbonyl (C=O) groups is 1. The molecular weight excluding hydrogens is 312 g/mol. The Balaban J connectivity index is 1.74. The molecule has 0 amide bonds. The van der Waals surface area contributed by atoms with Gasteiger partial charge in [-0.25, -0.2) is 0 Å². The predicted molar refractivity (Wildman–Crippen MR) is 98.2 cm³/mol. The molecule has 3 saturated carbocycles. The second-order valence-electron chi connectivity index (χ2n) is 9.58. The van der Waals surface area contributed by atoms with E-state index in [1.807, 2.05) is 6.07 Å². The summed E-state index contributed by atoms with van der Waals surface area (Å²) in [5, 5.41) is 10.8. The van der Waals surface area contributed by atoms with Crippen LogP contribution in [0, 0.1) is 17.3 Å². The summed E-state index contributed by atoms with van der Waals surface area (Å²) >= 11 is 0. The standard InChI is InChI=1S/C22H30O3/c1-6-7-8-21(2,3)12-9-15(23)18-16(10-12)25-20-17(18)13-11-14(19(20)24)22(13,4)5/h9-10,13-14,17,20,23H,6-8,11H2,1-5H3/t13-,14+,17+,20-/m1/s1. The monoisotopic (exact) mass is 342 g/mol. The van der Waals surface area contributed by atoms with Gasteiger partial charge in [-0.15, -0.1) is 0 Å². The molecule has 25 heavy (non-hydrogen) atoms. The molecule has 0 unspecified atom stereocenters. The number of hydrogen-bond acceptors (Lipinski definition) is 3. The van der Waals surface area contributed by atoms with Crippen molar-refractivity contribution in [3.63, 3.8) is 0 Å². The van der Waals surface area contributed by atoms with Crippen LogP contribution in [0.3, 0.4) is 0 Å². The van der Waals surface area contributed by atoms with E-state index in [2.05, 4.69) is 40.7 Å². The largest absolute Gasteiger partial charge is 0.508 e. The molecule has 4 atom stereocenters. The van der Waals surface area contributed by atoms with Crippen LogP contribution >= 0.6 is 0 Å². The molecule has 3 heteroatoms. The zero-order chi connectivity index (χ0) is 18.1. The molecule has 5 rings (SSSR count). The second kappa shape index (κ2) is 5.25. The lowest BCUT2D eigenvalue weighted by atomic mass is 9.44. The van der Waals surface area contributed by atoms with Gasteiger partial charge in [0.25, 0.3) is 0 Å². The number of unbranched alkanes of at least 4 members (excludes halogenated alkanes) is 1. The molecular formula is C22H30O3. The normalized spacial score (nSPS) is 31.8. The van der Waals surface area contributed by atoms with Crippen LogP contribution < -0.4 is 4.74 Å². The predicted octanol–water partition coefficient (Wildman–Crippen LogP) is 4.95. The number of phenolic OH excluding ortho intramolecular Hbond substituents is 1. The van der Waals surface area contributed by atoms with Crippen LogP contribution in [0.4, 0.5) is 0 Å². The first-order valence-electron chi connectivity index (χ1n) is 9.76. The van der Waals surface area contributed by atoms with Crippen molar-refractivity contribution < 1.29 is 14.6 Å². The number of hydrogen-bond donors (Lipinski definition) is 1. The Labute approximate surface area is 150 Å². The summed E-state index contributed by atoms with van der Waals surface area (Å²) in [6.07, 6.45) is 3.96. The minimum Gasteiger partial charge on any atom is -0.508 e. The van der Waals surface area contributed by atoms with Gasteiger partial charge in [0.1, 0.15) is 11.5 Å². The highest BCUT2D eigenvalue weighted by Gasteiger charge is 2.66. The quantitative estimate of drug-likeness (QED) is 0.842. The highest BCUT2D eigenvalue weighted by atomic mass is 16.5. The summed E-state index contributed by atoms with van der Waals surface area (Å²) in [7, 11) is 0. The van der Waals surface area contributed by atoms with E-state index in [4.69, 9.17) is 4.74 Å². The van der Waals surface area contributed by atoms with Crippen LogP contribution in [-0.2, 0) is 10.2 Å². The summed E-state index contributed by atoms with van der Waals surface area (Å²) in [6.45, 7) is 11.0. The summed E-state index contributed by atoms with van der Waals surface area (Å²) in [4.78, 5) is 12.9. The fourth-order valence-corrected chi connectivity index (χ4v) is 5.46. The number of aromatic hydroxyl groups is 1. The second-order valence-corrected chi connectivity index (χ2v) is 9.58. The van der Waals surface area contributed by atoms with E-state index in [0.29, 0.717) is 11.7 Å². The van der Waals surface area contributed by atoms with E-state index in [1.54, 1.807) is 0 Å². The Morgan fingerprint density at radius 3 is 2.68 bits per heavy atom. The van der Waals surface area contributed by atoms with E-state index in [0.717, 1.165) is 42.6 Å². The minimum atomic E-state index is -0.383. The number of rotatable bonds is 4. The topological polar surface area (TPSA) is 46.5 Å². The summed E-state index contributed by atoms with van der Waals surface area (Å²) in [6, 6.07) is 4.00. The first kappa shape index (κ1) is 16.9. The minimum absolute atomic E-state index is 0.00889. The molecule has 3 aliphatic carbocycles. The van der Waals surface area contributed by atoms with Gasteiger partial charge >= 0.3 is 0 Å². The van der Waals surface area contributed by atoms with Gasteiger partial charge in [-0.05, 0) is 47.3 Å². The van der Waals surface area contributed by atoms with Crippen molar-refractivity contribution in [1.29, 1.82) is 0 Å². The fourth-order valence-electron chi connectivity index (χ4n) is 5.46. The van der Waals surface area contributed by atoms with E-state index in [9.17, 15) is 9.90 Å². The molecule has 1 heterocycles. The van der Waals surface area contributed by atoms with Crippen LogP contribution in [0.25, 0.3) is 0 Å². The molecule has 1 aromatic rings. The highest BCUT2D eigenvalue weighted by Crippen LogP contribution is 2.67. The molecule has 1 N–H and O–H groups in total. The number of ether oxygens (including phenoxy) is 1. The van der Waals surface area contributed by atoms with Gasteiger partial charge in [-0.2, -0.15) is 0 Å². The summed E-state index contributed by atoms with van der Waals surface area (Å²) in [5.41, 5.74) is 2.00. The lowest BCUT2D eigenvalue weighted by Gasteiger charge is -2.59. The number of carbonyl (C=O) groups excluding carboxylic acids is 1. The molecule has 136 valence electrons. The number of phenols is 1. The van der Waals surface area contributed by atoms with E-state index < -0.39 is 0 Å². The van der Waals surface area contributed by atoms with Gasteiger partial charge in [0, 0.05) is 17.4 Å². The Hall–Kier alpha value is -1.51. The molecule has 1 aliphatic heterocycles. The maximum absolute atomic E-state index is 12.9. The van der Waals surface area contributed by atoms with Crippen molar-refractivity contribution >= 4 is 5.78 Å². The van der Waals surface area contributed by atoms with E-state index in [1.165, 1.54) is 0 Å². The van der Waals surface area contributed by atoms with Crippen LogP contribution in [0.15, 0.2) is 12.1 Å². The zero-order valence-electron chi connectivity index (χ0n) is 16.1. The Kier molecular flexibility index (Phi) is 3.55. The fraction of sp³-hybridized carbons (Fsp3) is 0.682. The lowest BCUT2D eigenvalue weighted by Crippen LogP contribution is -2.61. The average Bonchev–Trinajstić information content (AvgIpc) is 2.93. The summed E-state index contributed by atoms with van der Waals surface area (Å²) in [5.74, 6) is 1.86. The number of benzene rings is 1. The van der Waals surface area contributed by atoms with Crippen molar-refractivity contribution in [3.8, 4) is 11.5 Å². The molecule has 0 saturated heterocycles.